The average Bonchev–Trinajstić information content (AvgIpc) is 4.27. The quantitative estimate of drug-likeness (QED) is 0.0693. The second kappa shape index (κ2) is 23.0. The molecular formula is C60H68N8O6. The monoisotopic (exact) mass is 997 g/mol. The van der Waals surface area contributed by atoms with E-state index in [2.05, 4.69) is 119 Å². The zero-order chi connectivity index (χ0) is 51.9. The summed E-state index contributed by atoms with van der Waals surface area (Å²) >= 11 is 0. The lowest BCUT2D eigenvalue weighted by molar-refractivity contribution is -0.136. The van der Waals surface area contributed by atoms with Crippen molar-refractivity contribution in [1.82, 2.24) is 40.4 Å². The molecule has 6 aliphatic rings. The fourth-order valence-corrected chi connectivity index (χ4v) is 10.7. The number of amides is 4. The number of ether oxygens (including phenoxy) is 2. The van der Waals surface area contributed by atoms with Gasteiger partial charge in [-0.05, 0) is 108 Å². The molecule has 14 heteroatoms. The number of carbonyl (C=O) groups excluding carboxylic acids is 4. The highest BCUT2D eigenvalue weighted by Gasteiger charge is 2.39. The molecule has 2 aromatic heterocycles. The lowest BCUT2D eigenvalue weighted by atomic mass is 9.87. The van der Waals surface area contributed by atoms with Gasteiger partial charge in [0.25, 0.3) is 0 Å². The first-order valence-electron chi connectivity index (χ1n) is 26.1. The zero-order valence-corrected chi connectivity index (χ0v) is 43.0. The Balaban J connectivity index is 0.858. The number of H-pyrrole nitrogens is 2. The highest BCUT2D eigenvalue weighted by Crippen LogP contribution is 2.37. The predicted octanol–water partition coefficient (Wildman–Crippen LogP) is 10.9. The summed E-state index contributed by atoms with van der Waals surface area (Å²) in [6, 6.07) is 29.3. The number of rotatable bonds is 16. The molecule has 2 aliphatic heterocycles. The van der Waals surface area contributed by atoms with Crippen LogP contribution in [0, 0.1) is 11.8 Å². The Hall–Kier alpha value is -7.74. The third-order valence-electron chi connectivity index (χ3n) is 14.7. The van der Waals surface area contributed by atoms with Gasteiger partial charge in [-0.2, -0.15) is 0 Å². The second-order valence-electron chi connectivity index (χ2n) is 20.4. The maximum Gasteiger partial charge on any atom is 0.408 e. The van der Waals surface area contributed by atoms with Crippen LogP contribution in [0.3, 0.4) is 0 Å². The number of carbonyl (C=O) groups is 4. The van der Waals surface area contributed by atoms with Gasteiger partial charge in [-0.3, -0.25) is 9.59 Å². The molecule has 74 heavy (non-hydrogen) atoms. The number of nitrogens with zero attached hydrogens (tertiary/aromatic N) is 4. The molecule has 4 N–H and O–H groups in total. The van der Waals surface area contributed by atoms with Crippen molar-refractivity contribution in [2.45, 2.75) is 103 Å². The number of aromatic amines is 2. The minimum absolute atomic E-state index is 0.0714. The van der Waals surface area contributed by atoms with Crippen LogP contribution in [0.25, 0.3) is 44.8 Å². The van der Waals surface area contributed by atoms with E-state index in [1.807, 2.05) is 49.9 Å². The molecule has 4 aliphatic carbocycles. The van der Waals surface area contributed by atoms with Gasteiger partial charge in [-0.25, -0.2) is 19.6 Å². The van der Waals surface area contributed by atoms with E-state index in [-0.39, 0.29) is 48.9 Å². The fraction of sp³-hybridized carbons (Fsp3) is 0.367. The first-order chi connectivity index (χ1) is 35.9. The van der Waals surface area contributed by atoms with Gasteiger partial charge in [0, 0.05) is 36.6 Å². The molecular weight excluding hydrogens is 929 g/mol. The molecule has 4 amide bonds. The van der Waals surface area contributed by atoms with Crippen LogP contribution in [-0.4, -0.2) is 92.1 Å². The fourth-order valence-electron chi connectivity index (χ4n) is 10.7. The Bertz CT molecular complexity index is 2790. The number of benzene rings is 4. The molecule has 4 aromatic carbocycles. The number of imidazole rings is 2. The van der Waals surface area contributed by atoms with Crippen LogP contribution in [0.1, 0.15) is 99.4 Å². The van der Waals surface area contributed by atoms with Crippen molar-refractivity contribution in [2.75, 3.05) is 26.3 Å². The maximum absolute atomic E-state index is 13.8. The number of alkyl carbamates (subject to hydrolysis) is 2. The smallest absolute Gasteiger partial charge is 0.408 e. The van der Waals surface area contributed by atoms with Gasteiger partial charge in [0.05, 0.1) is 23.5 Å². The summed E-state index contributed by atoms with van der Waals surface area (Å²) in [6.07, 6.45) is 12.4. The average molecular weight is 997 g/mol. The van der Waals surface area contributed by atoms with Crippen LogP contribution in [0.4, 0.5) is 9.59 Å². The van der Waals surface area contributed by atoms with E-state index in [1.165, 1.54) is 45.5 Å². The predicted molar refractivity (Wildman–Crippen MR) is 288 cm³/mol. The molecule has 2 fully saturated rings. The lowest BCUT2D eigenvalue weighted by Gasteiger charge is -2.30. The number of likely N-dealkylation sites (tertiary alicyclic amines) is 2. The number of aryl methyl sites for hydroxylation is 4. The molecule has 384 valence electrons. The van der Waals surface area contributed by atoms with Crippen LogP contribution < -0.4 is 10.6 Å². The SMILES string of the molecule is C=CCOC(=O)N[C@H](C(=O)N1CCC[C@H]1c1nc(-c2ccc(-c3cc4ccc3CCc3ccc(c(-c5ccc(-c6c[nH]c([C@@H]7CCCN7C(=O)[C@@H](NC(=O)OCC=C)C(C)C)n6)cc5)c3)CC4)cc2)c[nH]1)C(C)C. The van der Waals surface area contributed by atoms with Gasteiger partial charge < -0.3 is 39.9 Å². The van der Waals surface area contributed by atoms with Crippen molar-refractivity contribution in [1.29, 1.82) is 0 Å². The Labute approximate surface area is 434 Å². The number of aromatic nitrogens is 4. The number of hydrogen-bond acceptors (Lipinski definition) is 8. The van der Waals surface area contributed by atoms with Crippen LogP contribution in [0.2, 0.25) is 0 Å². The van der Waals surface area contributed by atoms with Crippen molar-refractivity contribution < 1.29 is 28.7 Å². The molecule has 14 nitrogen and oxygen atoms in total. The van der Waals surface area contributed by atoms with Gasteiger partial charge in [-0.1, -0.05) is 138 Å². The van der Waals surface area contributed by atoms with Crippen molar-refractivity contribution in [3.05, 3.63) is 157 Å². The van der Waals surface area contributed by atoms with Gasteiger partial charge in [0.15, 0.2) is 0 Å². The summed E-state index contributed by atoms with van der Waals surface area (Å²) in [4.78, 5) is 72.9. The van der Waals surface area contributed by atoms with Gasteiger partial charge in [0.2, 0.25) is 11.8 Å². The van der Waals surface area contributed by atoms with Gasteiger partial charge >= 0.3 is 12.2 Å². The normalized spacial score (nSPS) is 17.2. The molecule has 12 rings (SSSR count). The third kappa shape index (κ3) is 11.4. The summed E-state index contributed by atoms with van der Waals surface area (Å²) in [5.74, 6) is 0.928. The molecule has 4 bridgehead atoms. The van der Waals surface area contributed by atoms with E-state index in [1.54, 1.807) is 0 Å². The summed E-state index contributed by atoms with van der Waals surface area (Å²) < 4.78 is 10.2. The summed E-state index contributed by atoms with van der Waals surface area (Å²) in [5.41, 5.74) is 13.6. The molecule has 4 heterocycles. The number of hydrogen-bond donors (Lipinski definition) is 4. The van der Waals surface area contributed by atoms with Crippen LogP contribution in [0.15, 0.2) is 123 Å². The van der Waals surface area contributed by atoms with Crippen molar-refractivity contribution in [3.63, 3.8) is 0 Å². The van der Waals surface area contributed by atoms with E-state index in [0.29, 0.717) is 13.1 Å². The van der Waals surface area contributed by atoms with E-state index >= 15 is 0 Å². The van der Waals surface area contributed by atoms with E-state index in [4.69, 9.17) is 19.4 Å². The van der Waals surface area contributed by atoms with Crippen molar-refractivity contribution >= 4 is 24.0 Å². The third-order valence-corrected chi connectivity index (χ3v) is 14.7. The van der Waals surface area contributed by atoms with E-state index in [0.717, 1.165) is 96.7 Å². The zero-order valence-electron chi connectivity index (χ0n) is 43.0. The minimum atomic E-state index is -0.719. The summed E-state index contributed by atoms with van der Waals surface area (Å²) in [5, 5.41) is 5.53. The molecule has 0 unspecified atom stereocenters. The highest BCUT2D eigenvalue weighted by atomic mass is 16.6. The molecule has 0 saturated carbocycles. The molecule has 2 saturated heterocycles. The largest absolute Gasteiger partial charge is 0.445 e. The molecule has 0 radical (unpaired) electrons. The van der Waals surface area contributed by atoms with Gasteiger partial charge in [0.1, 0.15) is 36.9 Å². The van der Waals surface area contributed by atoms with Gasteiger partial charge in [-0.15, -0.1) is 0 Å². The topological polar surface area (TPSA) is 175 Å². The van der Waals surface area contributed by atoms with Crippen LogP contribution >= 0.6 is 0 Å². The Morgan fingerprint density at radius 1 is 0.595 bits per heavy atom. The maximum atomic E-state index is 13.8. The van der Waals surface area contributed by atoms with Crippen LogP contribution in [0.5, 0.6) is 0 Å². The van der Waals surface area contributed by atoms with E-state index in [9.17, 15) is 19.2 Å². The Kier molecular flexibility index (Phi) is 15.9. The molecule has 6 aromatic rings. The van der Waals surface area contributed by atoms with Crippen LogP contribution in [-0.2, 0) is 44.7 Å². The standard InChI is InChI=1S/C60H68N8O6/c1-7-31-73-59(71)65-53(37(3)4)57(69)67-29-9-11-51(67)55-61-35-49(63-55)45-25-21-43(22-26-45)47-33-39-13-17-41(47)19-15-40-14-18-42(20-16-39)48(34-40)44-23-27-46(28-24-44)50-36-62-56(64-50)52-12-10-30-68(52)58(70)54(38(5)6)66-60(72)74-32-8-2/h7-8,13-14,17-18,21-28,33-38,51-54H,1-2,9-12,15-16,19-20,29-32H2,3-6H3,(H,61,63)(H,62,64)(H,65,71)(H,66,72)/t51-,52-,53-,54-/m0/s1. The number of nitrogens with one attached hydrogen (secondary N) is 4. The van der Waals surface area contributed by atoms with Crippen molar-refractivity contribution in [3.8, 4) is 44.8 Å². The summed E-state index contributed by atoms with van der Waals surface area (Å²) in [6.45, 7) is 16.2. The Morgan fingerprint density at radius 2 is 0.986 bits per heavy atom. The van der Waals surface area contributed by atoms with E-state index < -0.39 is 24.3 Å². The second-order valence-corrected chi connectivity index (χ2v) is 20.4. The Morgan fingerprint density at radius 3 is 1.36 bits per heavy atom. The minimum Gasteiger partial charge on any atom is -0.445 e. The summed E-state index contributed by atoms with van der Waals surface area (Å²) in [7, 11) is 0. The highest BCUT2D eigenvalue weighted by molar-refractivity contribution is 5.87. The molecule has 4 atom stereocenters. The first kappa shape index (κ1) is 51.2. The molecule has 0 spiro atoms. The first-order valence-corrected chi connectivity index (χ1v) is 26.1. The van der Waals surface area contributed by atoms with Crippen molar-refractivity contribution in [2.24, 2.45) is 11.8 Å². The lowest BCUT2D eigenvalue weighted by Crippen LogP contribution is -2.51.